The largest absolute Gasteiger partial charge is 0.429 e. The van der Waals surface area contributed by atoms with Gasteiger partial charge in [0.25, 0.3) is 5.60 Å². The molecule has 3 fully saturated rings. The Morgan fingerprint density at radius 2 is 1.54 bits per heavy atom. The van der Waals surface area contributed by atoms with E-state index < -0.39 is 35.6 Å². The van der Waals surface area contributed by atoms with E-state index in [9.17, 15) is 41.7 Å². The molecule has 0 aromatic rings. The summed E-state index contributed by atoms with van der Waals surface area (Å²) < 4.78 is 79.0. The van der Waals surface area contributed by atoms with Crippen molar-refractivity contribution in [1.29, 1.82) is 0 Å². The fraction of sp³-hybridized carbons (Fsp3) is 0.692. The molecule has 4 rings (SSSR count). The average Bonchev–Trinajstić information content (AvgIpc) is 3.41. The summed E-state index contributed by atoms with van der Waals surface area (Å²) in [5.41, 5.74) is -3.15. The standard InChI is InChI=1S/C26H32F6O3/c1-22-8-2-3-17(5-4-16-13-18(33)15-19(34)14-16)20(22)6-7-21(22)23(9-10-23)11-12-24(35,25(27,28)29)26(30,31)32/h4-5,7,11-12,18-20,33-35H,2-3,6,8-10,13-15H2,1H3/b12-11?,17-5+/t18-,19-,20+,22+/m1/s1. The van der Waals surface area contributed by atoms with Crippen LogP contribution in [0.2, 0.25) is 0 Å². The van der Waals surface area contributed by atoms with Crippen molar-refractivity contribution in [3.05, 3.63) is 47.1 Å². The number of halogens is 6. The normalized spacial score (nSPS) is 34.8. The molecule has 4 aliphatic carbocycles. The molecular weight excluding hydrogens is 474 g/mol. The number of hydrogen-bond donors (Lipinski definition) is 3. The van der Waals surface area contributed by atoms with Crippen LogP contribution in [0, 0.1) is 16.7 Å². The van der Waals surface area contributed by atoms with E-state index in [4.69, 9.17) is 0 Å². The topological polar surface area (TPSA) is 60.7 Å². The number of allylic oxidation sites excluding steroid dienone is 6. The van der Waals surface area contributed by atoms with Crippen molar-refractivity contribution in [2.75, 3.05) is 0 Å². The summed E-state index contributed by atoms with van der Waals surface area (Å²) in [6.07, 6.45) is -0.707. The zero-order valence-electron chi connectivity index (χ0n) is 19.6. The van der Waals surface area contributed by atoms with E-state index in [0.29, 0.717) is 38.5 Å². The highest BCUT2D eigenvalue weighted by molar-refractivity contribution is 5.43. The third-order valence-corrected chi connectivity index (χ3v) is 8.46. The maximum atomic E-state index is 13.2. The number of hydrogen-bond acceptors (Lipinski definition) is 3. The van der Waals surface area contributed by atoms with Crippen LogP contribution in [0.4, 0.5) is 26.3 Å². The molecule has 0 aromatic heterocycles. The second kappa shape index (κ2) is 8.77. The van der Waals surface area contributed by atoms with Crippen LogP contribution < -0.4 is 0 Å². The maximum Gasteiger partial charge on any atom is 0.429 e. The van der Waals surface area contributed by atoms with Gasteiger partial charge in [-0.15, -0.1) is 0 Å². The van der Waals surface area contributed by atoms with E-state index in [1.54, 1.807) is 0 Å². The summed E-state index contributed by atoms with van der Waals surface area (Å²) in [5, 5.41) is 29.4. The van der Waals surface area contributed by atoms with Gasteiger partial charge in [-0.2, -0.15) is 26.3 Å². The first-order valence-corrected chi connectivity index (χ1v) is 12.1. The van der Waals surface area contributed by atoms with E-state index in [1.807, 2.05) is 25.2 Å². The van der Waals surface area contributed by atoms with Gasteiger partial charge in [0.15, 0.2) is 0 Å². The fourth-order valence-electron chi connectivity index (χ4n) is 6.41. The minimum Gasteiger partial charge on any atom is -0.393 e. The maximum absolute atomic E-state index is 13.2. The zero-order chi connectivity index (χ0) is 25.9. The van der Waals surface area contributed by atoms with E-state index in [2.05, 4.69) is 0 Å². The van der Waals surface area contributed by atoms with E-state index in [-0.39, 0.29) is 17.4 Å². The number of fused-ring (bicyclic) bond motifs is 1. The van der Waals surface area contributed by atoms with Gasteiger partial charge in [0.2, 0.25) is 0 Å². The van der Waals surface area contributed by atoms with Crippen LogP contribution in [0.15, 0.2) is 47.1 Å². The van der Waals surface area contributed by atoms with E-state index in [1.165, 1.54) is 5.57 Å². The highest BCUT2D eigenvalue weighted by Gasteiger charge is 2.69. The summed E-state index contributed by atoms with van der Waals surface area (Å²) >= 11 is 0. The molecule has 0 spiro atoms. The Hall–Kier alpha value is -1.58. The Morgan fingerprint density at radius 3 is 2.09 bits per heavy atom. The number of rotatable bonds is 4. The fourth-order valence-corrected chi connectivity index (χ4v) is 6.41. The van der Waals surface area contributed by atoms with Gasteiger partial charge < -0.3 is 15.3 Å². The molecule has 4 aliphatic rings. The van der Waals surface area contributed by atoms with Crippen molar-refractivity contribution in [3.63, 3.8) is 0 Å². The second-order valence-electron chi connectivity index (χ2n) is 10.9. The average molecular weight is 507 g/mol. The predicted molar refractivity (Wildman–Crippen MR) is 118 cm³/mol. The van der Waals surface area contributed by atoms with Gasteiger partial charge in [-0.25, -0.2) is 0 Å². The molecule has 0 unspecified atom stereocenters. The predicted octanol–water partition coefficient (Wildman–Crippen LogP) is 6.07. The number of aliphatic hydroxyl groups excluding tert-OH is 2. The van der Waals surface area contributed by atoms with Gasteiger partial charge in [-0.1, -0.05) is 47.9 Å². The Labute approximate surface area is 200 Å². The van der Waals surface area contributed by atoms with Crippen LogP contribution in [0.25, 0.3) is 0 Å². The monoisotopic (exact) mass is 506 g/mol. The zero-order valence-corrected chi connectivity index (χ0v) is 19.6. The van der Waals surface area contributed by atoms with Crippen molar-refractivity contribution < 1.29 is 41.7 Å². The minimum absolute atomic E-state index is 0.0940. The smallest absolute Gasteiger partial charge is 0.393 e. The Kier molecular flexibility index (Phi) is 6.63. The first-order valence-electron chi connectivity index (χ1n) is 12.1. The molecule has 0 radical (unpaired) electrons. The first kappa shape index (κ1) is 26.5. The molecule has 196 valence electrons. The van der Waals surface area contributed by atoms with Crippen LogP contribution in [-0.4, -0.2) is 45.5 Å². The van der Waals surface area contributed by atoms with Gasteiger partial charge >= 0.3 is 12.4 Å². The lowest BCUT2D eigenvalue weighted by molar-refractivity contribution is -0.347. The second-order valence-corrected chi connectivity index (χ2v) is 10.9. The van der Waals surface area contributed by atoms with Crippen molar-refractivity contribution in [2.45, 2.75) is 94.9 Å². The van der Waals surface area contributed by atoms with Gasteiger partial charge in [-0.05, 0) is 75.2 Å². The highest BCUT2D eigenvalue weighted by atomic mass is 19.4. The molecule has 0 bridgehead atoms. The van der Waals surface area contributed by atoms with E-state index >= 15 is 0 Å². The number of alkyl halides is 6. The van der Waals surface area contributed by atoms with Gasteiger partial charge in [0.1, 0.15) is 0 Å². The lowest BCUT2D eigenvalue weighted by Crippen LogP contribution is -2.55. The molecule has 3 nitrogen and oxygen atoms in total. The molecule has 0 amide bonds. The van der Waals surface area contributed by atoms with Crippen LogP contribution in [0.1, 0.15) is 64.7 Å². The molecule has 9 heteroatoms. The van der Waals surface area contributed by atoms with Crippen LogP contribution >= 0.6 is 0 Å². The van der Waals surface area contributed by atoms with Crippen molar-refractivity contribution in [1.82, 2.24) is 0 Å². The first-order chi connectivity index (χ1) is 16.1. The number of aliphatic hydroxyl groups is 3. The molecular formula is C26H32F6O3. The molecule has 4 atom stereocenters. The molecule has 0 saturated heterocycles. The van der Waals surface area contributed by atoms with Crippen molar-refractivity contribution in [3.8, 4) is 0 Å². The van der Waals surface area contributed by atoms with E-state index in [0.717, 1.165) is 36.5 Å². The van der Waals surface area contributed by atoms with Crippen LogP contribution in [-0.2, 0) is 0 Å². The van der Waals surface area contributed by atoms with Gasteiger partial charge in [0.05, 0.1) is 12.2 Å². The highest BCUT2D eigenvalue weighted by Crippen LogP contribution is 2.67. The molecule has 0 aromatic carbocycles. The van der Waals surface area contributed by atoms with Crippen molar-refractivity contribution >= 4 is 0 Å². The summed E-state index contributed by atoms with van der Waals surface area (Å²) in [6.45, 7) is 2.04. The summed E-state index contributed by atoms with van der Waals surface area (Å²) in [7, 11) is 0. The SMILES string of the molecule is C[C@]12CCC/C(=C\C=C3C[C@@H](O)C[C@H](O)C3)[C@@H]1CC=C2C1(C=CC(O)(C(F)(F)F)C(F)(F)F)CC1. The molecule has 35 heavy (non-hydrogen) atoms. The molecule has 3 N–H and O–H groups in total. The van der Waals surface area contributed by atoms with Gasteiger partial charge in [-0.3, -0.25) is 0 Å². The van der Waals surface area contributed by atoms with Gasteiger partial charge in [0, 0.05) is 5.41 Å². The quantitative estimate of drug-likeness (QED) is 0.320. The Bertz CT molecular complexity index is 927. The Morgan fingerprint density at radius 1 is 0.943 bits per heavy atom. The molecule has 0 aliphatic heterocycles. The van der Waals surface area contributed by atoms with Crippen LogP contribution in [0.5, 0.6) is 0 Å². The van der Waals surface area contributed by atoms with Crippen LogP contribution in [0.3, 0.4) is 0 Å². The summed E-state index contributed by atoms with van der Waals surface area (Å²) in [6, 6.07) is 0. The summed E-state index contributed by atoms with van der Waals surface area (Å²) in [4.78, 5) is 0. The summed E-state index contributed by atoms with van der Waals surface area (Å²) in [5.74, 6) is 0.0940. The third-order valence-electron chi connectivity index (χ3n) is 8.46. The van der Waals surface area contributed by atoms with Crippen molar-refractivity contribution in [2.24, 2.45) is 16.7 Å². The Balaban J connectivity index is 1.58. The minimum atomic E-state index is -5.87. The lowest BCUT2D eigenvalue weighted by atomic mass is 9.61. The third kappa shape index (κ3) is 4.76. The lowest BCUT2D eigenvalue weighted by Gasteiger charge is -2.43. The molecule has 0 heterocycles. The molecule has 3 saturated carbocycles.